The number of rotatable bonds is 6. The number of hydrogen-bond acceptors (Lipinski definition) is 5. The van der Waals surface area contributed by atoms with Crippen LogP contribution in [0.3, 0.4) is 0 Å². The Morgan fingerprint density at radius 3 is 2.74 bits per heavy atom. The Labute approximate surface area is 120 Å². The molecular formula is C12H13NO3S3. The lowest BCUT2D eigenvalue weighted by Gasteiger charge is -2.01. The van der Waals surface area contributed by atoms with Gasteiger partial charge >= 0.3 is 0 Å². The molecule has 2 heterocycles. The first-order valence-electron chi connectivity index (χ1n) is 5.65. The van der Waals surface area contributed by atoms with Gasteiger partial charge in [0.05, 0.1) is 10.6 Å². The zero-order valence-corrected chi connectivity index (χ0v) is 12.7. The van der Waals surface area contributed by atoms with E-state index >= 15 is 0 Å². The molecule has 4 nitrogen and oxygen atoms in total. The number of nitrogens with one attached hydrogen (secondary N) is 1. The van der Waals surface area contributed by atoms with Crippen molar-refractivity contribution in [3.63, 3.8) is 0 Å². The van der Waals surface area contributed by atoms with Crippen molar-refractivity contribution in [2.24, 2.45) is 0 Å². The summed E-state index contributed by atoms with van der Waals surface area (Å²) in [5, 5.41) is 3.67. The molecular weight excluding hydrogens is 302 g/mol. The molecule has 1 N–H and O–H groups in total. The third-order valence-corrected chi connectivity index (χ3v) is 5.63. The molecule has 0 aliphatic rings. The molecule has 0 bridgehead atoms. The molecule has 0 spiro atoms. The molecule has 0 aromatic carbocycles. The molecule has 0 atom stereocenters. The molecule has 2 aromatic rings. The molecule has 2 rings (SSSR count). The van der Waals surface area contributed by atoms with Gasteiger partial charge in [-0.25, -0.2) is 13.1 Å². The Bertz CT molecular complexity index is 656. The van der Waals surface area contributed by atoms with Crippen molar-refractivity contribution >= 4 is 38.5 Å². The fourth-order valence-electron chi connectivity index (χ4n) is 1.41. The van der Waals surface area contributed by atoms with Crippen molar-refractivity contribution in [1.82, 2.24) is 4.72 Å². The van der Waals surface area contributed by atoms with Gasteiger partial charge in [0, 0.05) is 22.4 Å². The van der Waals surface area contributed by atoms with E-state index in [2.05, 4.69) is 4.72 Å². The van der Waals surface area contributed by atoms with Gasteiger partial charge in [0.25, 0.3) is 0 Å². The van der Waals surface area contributed by atoms with E-state index in [-0.39, 0.29) is 18.1 Å². The zero-order chi connectivity index (χ0) is 13.9. The monoisotopic (exact) mass is 315 g/mol. The van der Waals surface area contributed by atoms with Gasteiger partial charge in [-0.15, -0.1) is 11.3 Å². The van der Waals surface area contributed by atoms with E-state index in [0.717, 1.165) is 4.88 Å². The highest BCUT2D eigenvalue weighted by Crippen LogP contribution is 2.21. The lowest BCUT2D eigenvalue weighted by molar-refractivity contribution is 0.104. The lowest BCUT2D eigenvalue weighted by atomic mass is 10.2. The lowest BCUT2D eigenvalue weighted by Crippen LogP contribution is -2.24. The molecule has 102 valence electrons. The molecule has 0 unspecified atom stereocenters. The van der Waals surface area contributed by atoms with Crippen LogP contribution in [0.25, 0.3) is 0 Å². The van der Waals surface area contributed by atoms with Gasteiger partial charge in [-0.05, 0) is 30.5 Å². The summed E-state index contributed by atoms with van der Waals surface area (Å²) in [5.74, 6) is 0.0369. The minimum absolute atomic E-state index is 0.0177. The van der Waals surface area contributed by atoms with Crippen molar-refractivity contribution in [3.05, 3.63) is 44.3 Å². The van der Waals surface area contributed by atoms with Gasteiger partial charge < -0.3 is 0 Å². The Morgan fingerprint density at radius 2 is 2.11 bits per heavy atom. The second-order valence-electron chi connectivity index (χ2n) is 3.83. The molecule has 19 heavy (non-hydrogen) atoms. The maximum atomic E-state index is 12.1. The van der Waals surface area contributed by atoms with Crippen LogP contribution >= 0.6 is 22.7 Å². The zero-order valence-electron chi connectivity index (χ0n) is 10.3. The van der Waals surface area contributed by atoms with Crippen LogP contribution in [0.2, 0.25) is 0 Å². The molecule has 2 aromatic heterocycles. The number of carbonyl (C=O) groups is 1. The first kappa shape index (κ1) is 14.4. The van der Waals surface area contributed by atoms with Gasteiger partial charge in [0.1, 0.15) is 0 Å². The molecule has 0 saturated carbocycles. The predicted octanol–water partition coefficient (Wildman–Crippen LogP) is 2.48. The second-order valence-corrected chi connectivity index (χ2v) is 7.88. The van der Waals surface area contributed by atoms with Gasteiger partial charge in [-0.1, -0.05) is 0 Å². The first-order chi connectivity index (χ1) is 9.02. The topological polar surface area (TPSA) is 63.2 Å². The van der Waals surface area contributed by atoms with Crippen LogP contribution in [0, 0.1) is 0 Å². The quantitative estimate of drug-likeness (QED) is 0.833. The standard InChI is InChI=1S/C12H13NO3S3/c1-2-19(15,16)13-7-10-3-4-11(18-10)12(14)9-5-6-17-8-9/h3-6,8,13H,2,7H2,1H3. The average molecular weight is 315 g/mol. The van der Waals surface area contributed by atoms with Crippen LogP contribution in [0.5, 0.6) is 0 Å². The Balaban J connectivity index is 2.06. The molecule has 0 radical (unpaired) electrons. The average Bonchev–Trinajstić information content (AvgIpc) is 3.07. The smallest absolute Gasteiger partial charge is 0.211 e. The Hall–Kier alpha value is -1.02. The third kappa shape index (κ3) is 3.73. The van der Waals surface area contributed by atoms with Crippen LogP contribution < -0.4 is 4.72 Å². The summed E-state index contributed by atoms with van der Waals surface area (Å²) in [7, 11) is -3.20. The van der Waals surface area contributed by atoms with Gasteiger partial charge in [0.15, 0.2) is 0 Å². The number of sulfonamides is 1. The van der Waals surface area contributed by atoms with Crippen molar-refractivity contribution in [2.75, 3.05) is 5.75 Å². The van der Waals surface area contributed by atoms with E-state index in [1.165, 1.54) is 22.7 Å². The number of hydrogen-bond donors (Lipinski definition) is 1. The molecule has 0 aliphatic carbocycles. The second kappa shape index (κ2) is 5.96. The van der Waals surface area contributed by atoms with E-state index in [4.69, 9.17) is 0 Å². The van der Waals surface area contributed by atoms with E-state index in [1.807, 2.05) is 10.8 Å². The SMILES string of the molecule is CCS(=O)(=O)NCc1ccc(C(=O)c2ccsc2)s1. The van der Waals surface area contributed by atoms with Crippen LogP contribution in [0.1, 0.15) is 27.0 Å². The fourth-order valence-corrected chi connectivity index (χ4v) is 3.63. The fraction of sp³-hybridized carbons (Fsp3) is 0.250. The Kier molecular flexibility index (Phi) is 4.51. The van der Waals surface area contributed by atoms with E-state index in [0.29, 0.717) is 10.4 Å². The summed E-state index contributed by atoms with van der Waals surface area (Å²) >= 11 is 2.80. The highest BCUT2D eigenvalue weighted by atomic mass is 32.2. The maximum absolute atomic E-state index is 12.1. The van der Waals surface area contributed by atoms with E-state index in [9.17, 15) is 13.2 Å². The van der Waals surface area contributed by atoms with E-state index < -0.39 is 10.0 Å². The molecule has 0 saturated heterocycles. The van der Waals surface area contributed by atoms with Gasteiger partial charge in [-0.3, -0.25) is 4.79 Å². The highest BCUT2D eigenvalue weighted by molar-refractivity contribution is 7.89. The first-order valence-corrected chi connectivity index (χ1v) is 9.06. The van der Waals surface area contributed by atoms with Crippen LogP contribution in [-0.2, 0) is 16.6 Å². The van der Waals surface area contributed by atoms with Crippen molar-refractivity contribution in [2.45, 2.75) is 13.5 Å². The molecule has 7 heteroatoms. The van der Waals surface area contributed by atoms with Crippen molar-refractivity contribution < 1.29 is 13.2 Å². The van der Waals surface area contributed by atoms with E-state index in [1.54, 1.807) is 25.1 Å². The summed E-state index contributed by atoms with van der Waals surface area (Å²) in [6.07, 6.45) is 0. The number of carbonyl (C=O) groups excluding carboxylic acids is 1. The summed E-state index contributed by atoms with van der Waals surface area (Å²) < 4.78 is 25.1. The summed E-state index contributed by atoms with van der Waals surface area (Å²) in [6.45, 7) is 1.82. The highest BCUT2D eigenvalue weighted by Gasteiger charge is 2.13. The van der Waals surface area contributed by atoms with Gasteiger partial charge in [0.2, 0.25) is 15.8 Å². The summed E-state index contributed by atoms with van der Waals surface area (Å²) in [6, 6.07) is 5.30. The predicted molar refractivity (Wildman–Crippen MR) is 78.4 cm³/mol. The summed E-state index contributed by atoms with van der Waals surface area (Å²) in [4.78, 5) is 13.5. The van der Waals surface area contributed by atoms with Crippen LogP contribution in [0.4, 0.5) is 0 Å². The van der Waals surface area contributed by atoms with Crippen molar-refractivity contribution in [1.29, 1.82) is 0 Å². The third-order valence-electron chi connectivity index (χ3n) is 2.52. The minimum atomic E-state index is -3.20. The number of thiophene rings is 2. The van der Waals surface area contributed by atoms with Crippen LogP contribution in [0.15, 0.2) is 29.0 Å². The number of ketones is 1. The Morgan fingerprint density at radius 1 is 1.32 bits per heavy atom. The summed E-state index contributed by atoms with van der Waals surface area (Å²) in [5.41, 5.74) is 0.674. The van der Waals surface area contributed by atoms with Gasteiger partial charge in [-0.2, -0.15) is 11.3 Å². The normalized spacial score (nSPS) is 11.6. The largest absolute Gasteiger partial charge is 0.288 e. The molecule has 0 amide bonds. The minimum Gasteiger partial charge on any atom is -0.288 e. The maximum Gasteiger partial charge on any atom is 0.211 e. The van der Waals surface area contributed by atoms with Crippen LogP contribution in [-0.4, -0.2) is 20.0 Å². The van der Waals surface area contributed by atoms with Crippen molar-refractivity contribution in [3.8, 4) is 0 Å². The molecule has 0 aliphatic heterocycles. The molecule has 0 fully saturated rings.